The molecule has 0 aromatic heterocycles. The van der Waals surface area contributed by atoms with E-state index in [4.69, 9.17) is 0 Å². The Morgan fingerprint density at radius 1 is 1.56 bits per heavy atom. The molecule has 1 aliphatic heterocycles. The minimum atomic E-state index is -1.20. The molecular formula is C13H24S2Si. The van der Waals surface area contributed by atoms with Gasteiger partial charge in [-0.2, -0.15) is 0 Å². The smallest absolute Gasteiger partial charge is 0.0921 e. The molecule has 0 aromatic rings. The second kappa shape index (κ2) is 6.36. The average Bonchev–Trinajstić information content (AvgIpc) is 2.17. The number of thioether (sulfide) groups is 2. The van der Waals surface area contributed by atoms with Crippen molar-refractivity contribution in [2.75, 3.05) is 5.75 Å². The maximum atomic E-state index is 3.90. The largest absolute Gasteiger partial charge is 0.143 e. The Morgan fingerprint density at radius 2 is 2.25 bits per heavy atom. The quantitative estimate of drug-likeness (QED) is 0.501. The van der Waals surface area contributed by atoms with Crippen LogP contribution in [0.1, 0.15) is 20.3 Å². The maximum Gasteiger partial charge on any atom is 0.0921 e. The molecule has 0 nitrogen and oxygen atoms in total. The molecule has 1 rings (SSSR count). The molecule has 0 amide bonds. The first kappa shape index (κ1) is 14.5. The second-order valence-electron chi connectivity index (χ2n) is 5.46. The highest BCUT2D eigenvalue weighted by molar-refractivity contribution is 8.20. The Balaban J connectivity index is 2.62. The van der Waals surface area contributed by atoms with Crippen molar-refractivity contribution in [2.24, 2.45) is 5.92 Å². The van der Waals surface area contributed by atoms with Gasteiger partial charge < -0.3 is 0 Å². The molecule has 3 heteroatoms. The average molecular weight is 273 g/mol. The van der Waals surface area contributed by atoms with Crippen molar-refractivity contribution in [1.29, 1.82) is 0 Å². The Hall–Kier alpha value is 0.397. The molecule has 1 aliphatic rings. The summed E-state index contributed by atoms with van der Waals surface area (Å²) in [5.41, 5.74) is 0. The van der Waals surface area contributed by atoms with Crippen LogP contribution in [0, 0.1) is 5.92 Å². The molecule has 16 heavy (non-hydrogen) atoms. The highest BCUT2D eigenvalue weighted by Gasteiger charge is 2.29. The second-order valence-corrected chi connectivity index (χ2v) is 13.3. The van der Waals surface area contributed by atoms with Crippen molar-refractivity contribution in [2.45, 2.75) is 44.0 Å². The molecule has 0 N–H and O–H groups in total. The fraction of sp³-hybridized carbons (Fsp3) is 0.692. The molecule has 0 spiro atoms. The predicted octanol–water partition coefficient (Wildman–Crippen LogP) is 5.16. The maximum absolute atomic E-state index is 3.90. The van der Waals surface area contributed by atoms with Gasteiger partial charge in [-0.1, -0.05) is 39.1 Å². The minimum absolute atomic E-state index is 0.789. The molecule has 0 fully saturated rings. The lowest BCUT2D eigenvalue weighted by Crippen LogP contribution is -2.29. The van der Waals surface area contributed by atoms with Gasteiger partial charge in [0.25, 0.3) is 0 Å². The standard InChI is InChI=1S/C13H24S2Si/c1-6-9-16(4,5)13-7-8-14-12(15-13)10-11(2)3/h6-7,11-12H,1,8-10H2,2-5H3. The van der Waals surface area contributed by atoms with Crippen LogP contribution in [0.5, 0.6) is 0 Å². The van der Waals surface area contributed by atoms with Gasteiger partial charge in [0.2, 0.25) is 0 Å². The molecule has 1 atom stereocenters. The van der Waals surface area contributed by atoms with E-state index < -0.39 is 8.07 Å². The number of hydrogen-bond acceptors (Lipinski definition) is 2. The number of rotatable bonds is 5. The number of hydrogen-bond donors (Lipinski definition) is 0. The summed E-state index contributed by atoms with van der Waals surface area (Å²) >= 11 is 4.26. The van der Waals surface area contributed by atoms with Crippen LogP contribution in [-0.2, 0) is 0 Å². The van der Waals surface area contributed by atoms with Crippen molar-refractivity contribution in [3.63, 3.8) is 0 Å². The van der Waals surface area contributed by atoms with Crippen molar-refractivity contribution < 1.29 is 0 Å². The molecule has 92 valence electrons. The zero-order valence-corrected chi connectivity index (χ0v) is 13.6. The zero-order chi connectivity index (χ0) is 12.2. The number of allylic oxidation sites excluding steroid dienone is 1. The van der Waals surface area contributed by atoms with E-state index in [1.165, 1.54) is 18.2 Å². The lowest BCUT2D eigenvalue weighted by Gasteiger charge is -2.31. The van der Waals surface area contributed by atoms with E-state index in [-0.39, 0.29) is 0 Å². The Bertz CT molecular complexity index is 269. The fourth-order valence-corrected chi connectivity index (χ4v) is 8.65. The molecule has 1 unspecified atom stereocenters. The van der Waals surface area contributed by atoms with Gasteiger partial charge in [-0.3, -0.25) is 0 Å². The first-order valence-corrected chi connectivity index (χ1v) is 11.2. The summed E-state index contributed by atoms with van der Waals surface area (Å²) in [4.78, 5) is 0. The predicted molar refractivity (Wildman–Crippen MR) is 83.9 cm³/mol. The van der Waals surface area contributed by atoms with Crippen molar-refractivity contribution in [1.82, 2.24) is 0 Å². The van der Waals surface area contributed by atoms with E-state index in [0.717, 1.165) is 10.5 Å². The van der Waals surface area contributed by atoms with Crippen LogP contribution in [0.2, 0.25) is 19.1 Å². The summed E-state index contributed by atoms with van der Waals surface area (Å²) in [6, 6.07) is 1.21. The Labute approximate surface area is 110 Å². The van der Waals surface area contributed by atoms with Crippen molar-refractivity contribution >= 4 is 31.6 Å². The third-order valence-electron chi connectivity index (χ3n) is 2.79. The van der Waals surface area contributed by atoms with Gasteiger partial charge in [0, 0.05) is 5.75 Å². The van der Waals surface area contributed by atoms with Crippen LogP contribution < -0.4 is 0 Å². The van der Waals surface area contributed by atoms with Gasteiger partial charge in [-0.05, 0) is 22.9 Å². The SMILES string of the molecule is C=CC[Si](C)(C)C1=CCSC(CC(C)C)S1. The first-order chi connectivity index (χ1) is 7.45. The summed E-state index contributed by atoms with van der Waals surface area (Å²) in [6.45, 7) is 13.5. The van der Waals surface area contributed by atoms with Crippen LogP contribution in [0.25, 0.3) is 0 Å². The highest BCUT2D eigenvalue weighted by Crippen LogP contribution is 2.43. The fourth-order valence-electron chi connectivity index (χ4n) is 1.85. The summed E-state index contributed by atoms with van der Waals surface area (Å²) in [5.74, 6) is 2.03. The third-order valence-corrected chi connectivity index (χ3v) is 10.1. The van der Waals surface area contributed by atoms with Crippen molar-refractivity contribution in [3.05, 3.63) is 23.3 Å². The Kier molecular flexibility index (Phi) is 5.75. The lowest BCUT2D eigenvalue weighted by molar-refractivity contribution is 0.620. The molecule has 0 radical (unpaired) electrons. The summed E-state index contributed by atoms with van der Waals surface area (Å²) in [6.07, 6.45) is 5.92. The molecule has 0 aromatic carbocycles. The van der Waals surface area contributed by atoms with Crippen LogP contribution in [0.4, 0.5) is 0 Å². The van der Waals surface area contributed by atoms with E-state index in [2.05, 4.69) is 69.2 Å². The van der Waals surface area contributed by atoms with Crippen LogP contribution in [0.3, 0.4) is 0 Å². The van der Waals surface area contributed by atoms with Gasteiger partial charge in [-0.25, -0.2) is 0 Å². The van der Waals surface area contributed by atoms with Gasteiger partial charge in [0.1, 0.15) is 0 Å². The zero-order valence-electron chi connectivity index (χ0n) is 11.0. The topological polar surface area (TPSA) is 0 Å². The van der Waals surface area contributed by atoms with E-state index in [1.54, 1.807) is 4.53 Å². The van der Waals surface area contributed by atoms with Gasteiger partial charge in [0.05, 0.1) is 12.7 Å². The summed E-state index contributed by atoms with van der Waals surface area (Å²) in [5, 5.41) is 0. The van der Waals surface area contributed by atoms with Crippen LogP contribution in [0.15, 0.2) is 23.3 Å². The van der Waals surface area contributed by atoms with Gasteiger partial charge >= 0.3 is 0 Å². The molecular weight excluding hydrogens is 248 g/mol. The van der Waals surface area contributed by atoms with E-state index in [9.17, 15) is 0 Å². The molecule has 0 saturated carbocycles. The molecule has 0 bridgehead atoms. The molecule has 1 heterocycles. The summed E-state index contributed by atoms with van der Waals surface area (Å²) in [7, 11) is -1.20. The van der Waals surface area contributed by atoms with E-state index in [0.29, 0.717) is 0 Å². The first-order valence-electron chi connectivity index (χ1n) is 6.05. The normalized spacial score (nSPS) is 22.1. The molecule has 0 aliphatic carbocycles. The molecule has 0 saturated heterocycles. The third kappa shape index (κ3) is 4.34. The van der Waals surface area contributed by atoms with Gasteiger partial charge in [0.15, 0.2) is 0 Å². The minimum Gasteiger partial charge on any atom is -0.143 e. The van der Waals surface area contributed by atoms with E-state index >= 15 is 0 Å². The van der Waals surface area contributed by atoms with Gasteiger partial charge in [-0.15, -0.1) is 30.1 Å². The van der Waals surface area contributed by atoms with Crippen LogP contribution >= 0.6 is 23.5 Å². The lowest BCUT2D eigenvalue weighted by atomic mass is 10.2. The Morgan fingerprint density at radius 3 is 2.81 bits per heavy atom. The monoisotopic (exact) mass is 272 g/mol. The van der Waals surface area contributed by atoms with Crippen LogP contribution in [-0.4, -0.2) is 18.4 Å². The summed E-state index contributed by atoms with van der Waals surface area (Å²) < 4.78 is 2.49. The highest BCUT2D eigenvalue weighted by atomic mass is 32.2. The van der Waals surface area contributed by atoms with Crippen molar-refractivity contribution in [3.8, 4) is 0 Å². The van der Waals surface area contributed by atoms with E-state index in [1.807, 2.05) is 0 Å².